The SMILES string of the molecule is CC/C=C\C/C=C\C/C=C\C/C=C\CCCCCCCCCCCCCCCCCCC(=O)NC(COP(=O)([O-])OCC[N+](C)(C)C)C(O)C(O)CCC/C=C/CC/C=C/CCCCC. The van der Waals surface area contributed by atoms with Gasteiger partial charge in [-0.15, -0.1) is 0 Å². The standard InChI is InChI=1S/C55H101N2O7P/c1-6-8-10-12-14-16-18-20-21-22-23-24-25-26-27-28-29-30-31-32-33-34-35-36-38-40-42-44-46-48-54(59)56-52(51-64-65(61,62)63-50-49-57(3,4)5)55(60)53(58)47-45-43-41-39-37-19-17-15-13-11-9-7-2/h8,10,14-17,20-21,23-24,39,41,52-53,55,58,60H,6-7,9,11-13,18-19,22,25-38,40,42-51H2,1-5H3,(H-,56,59,61,62)/b10-8-,16-14-,17-15+,21-20-,24-23-,41-39+. The van der Waals surface area contributed by atoms with E-state index in [1.807, 2.05) is 21.1 Å². The number of phosphoric acid groups is 1. The zero-order valence-corrected chi connectivity index (χ0v) is 43.4. The normalized spacial score (nSPS) is 15.1. The first-order chi connectivity index (χ1) is 31.4. The number of hydrogen-bond acceptors (Lipinski definition) is 7. The summed E-state index contributed by atoms with van der Waals surface area (Å²) in [6, 6.07) is -1.10. The summed E-state index contributed by atoms with van der Waals surface area (Å²) in [7, 11) is 1.09. The molecule has 0 aromatic heterocycles. The highest BCUT2D eigenvalue weighted by atomic mass is 31.2. The van der Waals surface area contributed by atoms with Gasteiger partial charge in [-0.2, -0.15) is 0 Å². The fourth-order valence-corrected chi connectivity index (χ4v) is 8.04. The summed E-state index contributed by atoms with van der Waals surface area (Å²) in [5, 5.41) is 24.6. The Morgan fingerprint density at radius 1 is 0.569 bits per heavy atom. The molecular weight excluding hydrogens is 832 g/mol. The first-order valence-corrected chi connectivity index (χ1v) is 27.8. The van der Waals surface area contributed by atoms with E-state index < -0.39 is 32.7 Å². The molecule has 0 aromatic carbocycles. The van der Waals surface area contributed by atoms with Gasteiger partial charge in [0.15, 0.2) is 0 Å². The third-order valence-electron chi connectivity index (χ3n) is 11.5. The fraction of sp³-hybridized carbons (Fsp3) is 0.764. The molecule has 1 amide bonds. The monoisotopic (exact) mass is 933 g/mol. The lowest BCUT2D eigenvalue weighted by Gasteiger charge is -2.31. The van der Waals surface area contributed by atoms with Gasteiger partial charge in [0, 0.05) is 6.42 Å². The van der Waals surface area contributed by atoms with Crippen molar-refractivity contribution < 1.29 is 38.0 Å². The maximum atomic E-state index is 13.0. The van der Waals surface area contributed by atoms with Crippen LogP contribution in [0.25, 0.3) is 0 Å². The highest BCUT2D eigenvalue weighted by Gasteiger charge is 2.29. The number of aliphatic hydroxyl groups is 2. The minimum atomic E-state index is -4.68. The van der Waals surface area contributed by atoms with Crippen molar-refractivity contribution in [3.8, 4) is 0 Å². The van der Waals surface area contributed by atoms with Crippen LogP contribution in [-0.2, 0) is 18.4 Å². The number of carbonyl (C=O) groups excluding carboxylic acids is 1. The van der Waals surface area contributed by atoms with Crippen LogP contribution in [0.4, 0.5) is 0 Å². The number of quaternary nitrogens is 1. The molecule has 0 saturated heterocycles. The number of aliphatic hydroxyl groups excluding tert-OH is 2. The van der Waals surface area contributed by atoms with Gasteiger partial charge in [0.2, 0.25) is 5.91 Å². The summed E-state index contributed by atoms with van der Waals surface area (Å²) in [5.41, 5.74) is 0. The molecule has 65 heavy (non-hydrogen) atoms. The predicted molar refractivity (Wildman–Crippen MR) is 276 cm³/mol. The number of phosphoric ester groups is 1. The zero-order valence-electron chi connectivity index (χ0n) is 42.5. The van der Waals surface area contributed by atoms with Crippen LogP contribution in [-0.4, -0.2) is 79.8 Å². The van der Waals surface area contributed by atoms with Gasteiger partial charge in [0.05, 0.1) is 39.9 Å². The fourth-order valence-electron chi connectivity index (χ4n) is 7.32. The summed E-state index contributed by atoms with van der Waals surface area (Å²) >= 11 is 0. The van der Waals surface area contributed by atoms with E-state index >= 15 is 0 Å². The number of nitrogens with zero attached hydrogens (tertiary/aromatic N) is 1. The Hall–Kier alpha value is -2.10. The molecule has 0 aliphatic heterocycles. The Morgan fingerprint density at radius 3 is 1.48 bits per heavy atom. The van der Waals surface area contributed by atoms with Crippen LogP contribution in [0.1, 0.15) is 213 Å². The molecular formula is C55H101N2O7P. The Kier molecular flexibility index (Phi) is 44.2. The third-order valence-corrected chi connectivity index (χ3v) is 12.5. The molecule has 0 spiro atoms. The second kappa shape index (κ2) is 45.7. The van der Waals surface area contributed by atoms with E-state index in [2.05, 4.69) is 92.1 Å². The van der Waals surface area contributed by atoms with Crippen LogP contribution in [0.2, 0.25) is 0 Å². The van der Waals surface area contributed by atoms with Gasteiger partial charge in [0.25, 0.3) is 7.82 Å². The molecule has 4 unspecified atom stereocenters. The number of allylic oxidation sites excluding steroid dienone is 12. The average Bonchev–Trinajstić information content (AvgIpc) is 3.26. The van der Waals surface area contributed by atoms with E-state index in [4.69, 9.17) is 9.05 Å². The lowest BCUT2D eigenvalue weighted by molar-refractivity contribution is -0.870. The van der Waals surface area contributed by atoms with Crippen molar-refractivity contribution in [2.45, 2.75) is 231 Å². The van der Waals surface area contributed by atoms with E-state index in [1.165, 1.54) is 103 Å². The third kappa shape index (κ3) is 46.8. The van der Waals surface area contributed by atoms with Crippen LogP contribution >= 0.6 is 7.82 Å². The van der Waals surface area contributed by atoms with Crippen molar-refractivity contribution in [3.63, 3.8) is 0 Å². The van der Waals surface area contributed by atoms with Gasteiger partial charge in [-0.3, -0.25) is 9.36 Å². The minimum absolute atomic E-state index is 0.0508. The molecule has 0 fully saturated rings. The molecule has 0 saturated carbocycles. The average molecular weight is 933 g/mol. The quantitative estimate of drug-likeness (QED) is 0.0240. The number of rotatable bonds is 47. The lowest BCUT2D eigenvalue weighted by Crippen LogP contribution is -2.51. The van der Waals surface area contributed by atoms with Crippen molar-refractivity contribution in [2.75, 3.05) is 40.9 Å². The molecule has 378 valence electrons. The zero-order chi connectivity index (χ0) is 48.0. The maximum Gasteiger partial charge on any atom is 0.268 e. The number of nitrogens with one attached hydrogen (secondary N) is 1. The summed E-state index contributed by atoms with van der Waals surface area (Å²) in [5.74, 6) is -0.295. The van der Waals surface area contributed by atoms with E-state index in [1.54, 1.807) is 0 Å². The summed E-state index contributed by atoms with van der Waals surface area (Å²) in [6.07, 6.45) is 58.2. The number of likely N-dealkylation sites (N-methyl/N-ethyl adjacent to an activating group) is 1. The number of carbonyl (C=O) groups is 1. The molecule has 0 aromatic rings. The van der Waals surface area contributed by atoms with Gasteiger partial charge in [-0.1, -0.05) is 189 Å². The van der Waals surface area contributed by atoms with Crippen molar-refractivity contribution in [2.24, 2.45) is 0 Å². The predicted octanol–water partition coefficient (Wildman–Crippen LogP) is 13.9. The highest BCUT2D eigenvalue weighted by molar-refractivity contribution is 7.45. The van der Waals surface area contributed by atoms with Crippen molar-refractivity contribution >= 4 is 13.7 Å². The topological polar surface area (TPSA) is 128 Å². The summed E-state index contributed by atoms with van der Waals surface area (Å²) < 4.78 is 23.2. The van der Waals surface area contributed by atoms with Gasteiger partial charge in [-0.05, 0) is 89.9 Å². The second-order valence-electron chi connectivity index (χ2n) is 19.0. The largest absolute Gasteiger partial charge is 0.756 e. The van der Waals surface area contributed by atoms with Gasteiger partial charge in [-0.25, -0.2) is 0 Å². The second-order valence-corrected chi connectivity index (χ2v) is 20.4. The Morgan fingerprint density at radius 2 is 0.985 bits per heavy atom. The van der Waals surface area contributed by atoms with E-state index in [0.717, 1.165) is 70.6 Å². The van der Waals surface area contributed by atoms with E-state index in [0.29, 0.717) is 30.3 Å². The maximum absolute atomic E-state index is 13.0. The van der Waals surface area contributed by atoms with E-state index in [9.17, 15) is 24.5 Å². The molecule has 0 aliphatic carbocycles. The molecule has 0 bridgehead atoms. The van der Waals surface area contributed by atoms with Crippen LogP contribution < -0.4 is 10.2 Å². The lowest BCUT2D eigenvalue weighted by atomic mass is 10.0. The van der Waals surface area contributed by atoms with Crippen molar-refractivity contribution in [3.05, 3.63) is 72.9 Å². The van der Waals surface area contributed by atoms with Crippen LogP contribution in [0.15, 0.2) is 72.9 Å². The van der Waals surface area contributed by atoms with Gasteiger partial charge in [0.1, 0.15) is 19.3 Å². The molecule has 4 atom stereocenters. The Labute approximate surface area is 400 Å². The minimum Gasteiger partial charge on any atom is -0.756 e. The first kappa shape index (κ1) is 62.9. The van der Waals surface area contributed by atoms with Gasteiger partial charge < -0.3 is 34.0 Å². The Balaban J connectivity index is 4.22. The number of amides is 1. The summed E-state index contributed by atoms with van der Waals surface area (Å²) in [6.45, 7) is 4.26. The van der Waals surface area contributed by atoms with Crippen LogP contribution in [0, 0.1) is 0 Å². The molecule has 10 heteroatoms. The van der Waals surface area contributed by atoms with Crippen LogP contribution in [0.3, 0.4) is 0 Å². The number of hydrogen-bond donors (Lipinski definition) is 3. The molecule has 0 rings (SSSR count). The molecule has 9 nitrogen and oxygen atoms in total. The van der Waals surface area contributed by atoms with Gasteiger partial charge >= 0.3 is 0 Å². The molecule has 3 N–H and O–H groups in total. The van der Waals surface area contributed by atoms with Crippen molar-refractivity contribution in [1.82, 2.24) is 5.32 Å². The van der Waals surface area contributed by atoms with E-state index in [-0.39, 0.29) is 18.9 Å². The Bertz CT molecular complexity index is 1300. The highest BCUT2D eigenvalue weighted by Crippen LogP contribution is 2.38. The smallest absolute Gasteiger partial charge is 0.268 e. The van der Waals surface area contributed by atoms with Crippen molar-refractivity contribution in [1.29, 1.82) is 0 Å². The summed E-state index contributed by atoms with van der Waals surface area (Å²) in [4.78, 5) is 25.5. The van der Waals surface area contributed by atoms with Crippen LogP contribution in [0.5, 0.6) is 0 Å². The number of unbranched alkanes of at least 4 members (excludes halogenated alkanes) is 21. The molecule has 0 aliphatic rings. The molecule has 0 heterocycles. The first-order valence-electron chi connectivity index (χ1n) is 26.4. The molecule has 0 radical (unpaired) electrons.